The van der Waals surface area contributed by atoms with Gasteiger partial charge in [0, 0.05) is 10.7 Å². The molecule has 0 N–H and O–H groups in total. The Morgan fingerprint density at radius 1 is 1.64 bits per heavy atom. The second kappa shape index (κ2) is 3.13. The lowest BCUT2D eigenvalue weighted by atomic mass is 10.3. The van der Waals surface area contributed by atoms with Gasteiger partial charge in [-0.2, -0.15) is 11.3 Å². The van der Waals surface area contributed by atoms with Gasteiger partial charge in [0.05, 0.1) is 5.25 Å². The molecular weight excluding hydrogens is 204 g/mol. The van der Waals surface area contributed by atoms with Crippen LogP contribution in [0, 0.1) is 0 Å². The molecule has 0 bridgehead atoms. The molecule has 0 radical (unpaired) electrons. The Hall–Kier alpha value is -0.0600. The number of halogens is 1. The van der Waals surface area contributed by atoms with E-state index in [2.05, 4.69) is 0 Å². The first-order valence-electron chi connectivity index (χ1n) is 2.97. The molecule has 0 fully saturated rings. The summed E-state index contributed by atoms with van der Waals surface area (Å²) in [6.45, 7) is 1.57. The highest BCUT2D eigenvalue weighted by atomic mass is 35.7. The summed E-state index contributed by atoms with van der Waals surface area (Å²) >= 11 is 1.46. The lowest BCUT2D eigenvalue weighted by Gasteiger charge is -2.02. The lowest BCUT2D eigenvalue weighted by Crippen LogP contribution is -2.00. The number of rotatable bonds is 2. The summed E-state index contributed by atoms with van der Waals surface area (Å²) in [7, 11) is 1.71. The topological polar surface area (TPSA) is 34.1 Å². The summed E-state index contributed by atoms with van der Waals surface area (Å²) in [4.78, 5) is 0. The van der Waals surface area contributed by atoms with Gasteiger partial charge < -0.3 is 0 Å². The monoisotopic (exact) mass is 210 g/mol. The van der Waals surface area contributed by atoms with Crippen LogP contribution in [0.25, 0.3) is 0 Å². The molecule has 1 aromatic heterocycles. The van der Waals surface area contributed by atoms with E-state index < -0.39 is 14.3 Å². The van der Waals surface area contributed by atoms with Crippen molar-refractivity contribution in [3.05, 3.63) is 22.4 Å². The van der Waals surface area contributed by atoms with E-state index in [4.69, 9.17) is 10.7 Å². The van der Waals surface area contributed by atoms with E-state index in [1.54, 1.807) is 18.4 Å². The number of thiophene rings is 1. The molecule has 0 aliphatic carbocycles. The Morgan fingerprint density at radius 3 is 2.64 bits per heavy atom. The van der Waals surface area contributed by atoms with Crippen LogP contribution in [0.15, 0.2) is 16.8 Å². The van der Waals surface area contributed by atoms with Gasteiger partial charge in [-0.1, -0.05) is 0 Å². The average Bonchev–Trinajstić information content (AvgIpc) is 2.34. The molecule has 1 heterocycles. The first kappa shape index (κ1) is 9.03. The third-order valence-corrected chi connectivity index (χ3v) is 4.05. The van der Waals surface area contributed by atoms with Crippen molar-refractivity contribution in [1.82, 2.24) is 0 Å². The largest absolute Gasteiger partial charge is 0.239 e. The molecule has 0 amide bonds. The van der Waals surface area contributed by atoms with Gasteiger partial charge in [-0.15, -0.1) is 0 Å². The molecule has 0 aromatic carbocycles. The van der Waals surface area contributed by atoms with Gasteiger partial charge in [0.1, 0.15) is 0 Å². The zero-order chi connectivity index (χ0) is 8.48. The predicted octanol–water partition coefficient (Wildman–Crippen LogP) is 2.38. The van der Waals surface area contributed by atoms with E-state index in [0.717, 1.165) is 5.56 Å². The maximum absolute atomic E-state index is 10.8. The third-order valence-electron chi connectivity index (χ3n) is 1.43. The fraction of sp³-hybridized carbons (Fsp3) is 0.333. The van der Waals surface area contributed by atoms with E-state index in [9.17, 15) is 8.42 Å². The van der Waals surface area contributed by atoms with Crippen molar-refractivity contribution in [3.8, 4) is 0 Å². The molecule has 11 heavy (non-hydrogen) atoms. The van der Waals surface area contributed by atoms with E-state index in [1.165, 1.54) is 11.3 Å². The fourth-order valence-corrected chi connectivity index (χ4v) is 2.29. The van der Waals surface area contributed by atoms with Crippen molar-refractivity contribution >= 4 is 31.1 Å². The molecular formula is C6H7ClO2S2. The van der Waals surface area contributed by atoms with Crippen LogP contribution >= 0.6 is 22.0 Å². The first-order chi connectivity index (χ1) is 5.02. The highest BCUT2D eigenvalue weighted by molar-refractivity contribution is 8.13. The second-order valence-electron chi connectivity index (χ2n) is 2.17. The molecule has 1 rings (SSSR count). The fourth-order valence-electron chi connectivity index (χ4n) is 0.669. The Bertz CT molecular complexity index is 314. The van der Waals surface area contributed by atoms with Crippen molar-refractivity contribution in [2.24, 2.45) is 0 Å². The summed E-state index contributed by atoms with van der Waals surface area (Å²) in [6.07, 6.45) is 0. The van der Waals surface area contributed by atoms with E-state index >= 15 is 0 Å². The van der Waals surface area contributed by atoms with Crippen molar-refractivity contribution in [1.29, 1.82) is 0 Å². The van der Waals surface area contributed by atoms with Gasteiger partial charge in [-0.05, 0) is 29.3 Å². The van der Waals surface area contributed by atoms with Gasteiger partial charge in [0.15, 0.2) is 0 Å². The minimum absolute atomic E-state index is 0.601. The first-order valence-corrected chi connectivity index (χ1v) is 6.29. The van der Waals surface area contributed by atoms with Gasteiger partial charge >= 0.3 is 0 Å². The van der Waals surface area contributed by atoms with Crippen LogP contribution < -0.4 is 0 Å². The predicted molar refractivity (Wildman–Crippen MR) is 47.5 cm³/mol. The SMILES string of the molecule is CC(c1ccsc1)S(=O)(=O)Cl. The van der Waals surface area contributed by atoms with Crippen molar-refractivity contribution in [3.63, 3.8) is 0 Å². The standard InChI is InChI=1S/C6H7ClO2S2/c1-5(11(7,8)9)6-2-3-10-4-6/h2-5H,1H3. The molecule has 0 aliphatic rings. The maximum Gasteiger partial charge on any atom is 0.239 e. The Labute approximate surface area is 74.2 Å². The Balaban J connectivity index is 2.97. The lowest BCUT2D eigenvalue weighted by molar-refractivity contribution is 0.600. The van der Waals surface area contributed by atoms with E-state index in [0.29, 0.717) is 0 Å². The molecule has 0 saturated heterocycles. The van der Waals surface area contributed by atoms with Crippen LogP contribution in [0.2, 0.25) is 0 Å². The summed E-state index contributed by atoms with van der Waals surface area (Å²) in [5, 5.41) is 3.01. The smallest absolute Gasteiger partial charge is 0.212 e. The van der Waals surface area contributed by atoms with E-state index in [1.807, 2.05) is 5.38 Å². The van der Waals surface area contributed by atoms with Crippen molar-refractivity contribution in [2.75, 3.05) is 0 Å². The van der Waals surface area contributed by atoms with Gasteiger partial charge in [0.25, 0.3) is 0 Å². The molecule has 1 atom stereocenters. The van der Waals surface area contributed by atoms with Crippen LogP contribution in [0.1, 0.15) is 17.7 Å². The zero-order valence-corrected chi connectivity index (χ0v) is 8.21. The van der Waals surface area contributed by atoms with Gasteiger partial charge in [0.2, 0.25) is 9.05 Å². The summed E-state index contributed by atoms with van der Waals surface area (Å²) in [5.41, 5.74) is 0.755. The maximum atomic E-state index is 10.8. The highest BCUT2D eigenvalue weighted by Crippen LogP contribution is 2.26. The Kier molecular flexibility index (Phi) is 2.57. The molecule has 0 saturated carbocycles. The number of hydrogen-bond acceptors (Lipinski definition) is 3. The van der Waals surface area contributed by atoms with Gasteiger partial charge in [-0.25, -0.2) is 8.42 Å². The number of hydrogen-bond donors (Lipinski definition) is 0. The second-order valence-corrected chi connectivity index (χ2v) is 5.90. The van der Waals surface area contributed by atoms with Crippen LogP contribution in [0.3, 0.4) is 0 Å². The third kappa shape index (κ3) is 2.18. The molecule has 1 aromatic rings. The zero-order valence-electron chi connectivity index (χ0n) is 5.82. The van der Waals surface area contributed by atoms with E-state index in [-0.39, 0.29) is 0 Å². The summed E-state index contributed by atoms with van der Waals surface area (Å²) < 4.78 is 21.6. The average molecular weight is 211 g/mol. The van der Waals surface area contributed by atoms with Crippen LogP contribution in [-0.2, 0) is 9.05 Å². The van der Waals surface area contributed by atoms with Crippen molar-refractivity contribution < 1.29 is 8.42 Å². The molecule has 0 aliphatic heterocycles. The minimum Gasteiger partial charge on any atom is -0.212 e. The summed E-state index contributed by atoms with van der Waals surface area (Å²) in [5.74, 6) is 0. The van der Waals surface area contributed by atoms with Crippen molar-refractivity contribution in [2.45, 2.75) is 12.2 Å². The van der Waals surface area contributed by atoms with Crippen LogP contribution in [0.5, 0.6) is 0 Å². The Morgan fingerprint density at radius 2 is 2.27 bits per heavy atom. The molecule has 2 nitrogen and oxygen atoms in total. The van der Waals surface area contributed by atoms with Gasteiger partial charge in [-0.3, -0.25) is 0 Å². The van der Waals surface area contributed by atoms with Crippen LogP contribution in [-0.4, -0.2) is 8.42 Å². The molecule has 0 spiro atoms. The van der Waals surface area contributed by atoms with Crippen LogP contribution in [0.4, 0.5) is 0 Å². The molecule has 62 valence electrons. The summed E-state index contributed by atoms with van der Waals surface area (Å²) in [6, 6.07) is 1.76. The highest BCUT2D eigenvalue weighted by Gasteiger charge is 2.19. The molecule has 1 unspecified atom stereocenters. The quantitative estimate of drug-likeness (QED) is 0.703. The molecule has 5 heteroatoms. The minimum atomic E-state index is -3.45. The normalized spacial score (nSPS) is 14.7.